The first kappa shape index (κ1) is 23.1. The quantitative estimate of drug-likeness (QED) is 0.511. The molecule has 1 aliphatic heterocycles. The topological polar surface area (TPSA) is 149 Å². The molecule has 2 heterocycles. The van der Waals surface area contributed by atoms with Crippen molar-refractivity contribution < 1.29 is 27.1 Å². The van der Waals surface area contributed by atoms with Gasteiger partial charge in [-0.05, 0) is 48.6 Å². The number of hydrogen-bond donors (Lipinski definition) is 3. The van der Waals surface area contributed by atoms with E-state index in [4.69, 9.17) is 14.3 Å². The van der Waals surface area contributed by atoms with Crippen molar-refractivity contribution in [1.29, 1.82) is 0 Å². The number of aliphatic hydroxyl groups is 1. The van der Waals surface area contributed by atoms with Gasteiger partial charge in [-0.25, -0.2) is 27.8 Å². The summed E-state index contributed by atoms with van der Waals surface area (Å²) in [5.74, 6) is -2.82. The molecular formula is C22H24FN3O6S. The van der Waals surface area contributed by atoms with Crippen molar-refractivity contribution in [1.82, 2.24) is 10.2 Å². The van der Waals surface area contributed by atoms with Crippen molar-refractivity contribution in [2.75, 3.05) is 0 Å². The van der Waals surface area contributed by atoms with Gasteiger partial charge in [-0.3, -0.25) is 0 Å². The molecule has 176 valence electrons. The molecule has 0 fully saturated rings. The Labute approximate surface area is 189 Å². The fourth-order valence-electron chi connectivity index (χ4n) is 4.53. The Hall–Kier alpha value is -3.02. The lowest BCUT2D eigenvalue weighted by molar-refractivity contribution is 0.0388. The van der Waals surface area contributed by atoms with Crippen LogP contribution in [0.2, 0.25) is 0 Å². The van der Waals surface area contributed by atoms with Gasteiger partial charge in [0.05, 0.1) is 12.0 Å². The zero-order valence-electron chi connectivity index (χ0n) is 18.2. The summed E-state index contributed by atoms with van der Waals surface area (Å²) in [5.41, 5.74) is 2.24. The molecule has 3 aromatic rings. The number of primary sulfonamides is 1. The summed E-state index contributed by atoms with van der Waals surface area (Å²) >= 11 is 0. The normalized spacial score (nSPS) is 20.1. The average Bonchev–Trinajstić information content (AvgIpc) is 3.16. The minimum atomic E-state index is -4.16. The van der Waals surface area contributed by atoms with E-state index in [2.05, 4.69) is 10.2 Å². The molecule has 1 aromatic heterocycles. The molecule has 0 saturated heterocycles. The molecule has 0 amide bonds. The van der Waals surface area contributed by atoms with Crippen LogP contribution in [0.4, 0.5) is 4.39 Å². The van der Waals surface area contributed by atoms with E-state index in [0.29, 0.717) is 11.1 Å². The molecule has 1 aliphatic rings. The summed E-state index contributed by atoms with van der Waals surface area (Å²) in [6, 6.07) is 7.31. The second-order valence-electron chi connectivity index (χ2n) is 8.30. The van der Waals surface area contributed by atoms with E-state index < -0.39 is 45.6 Å². The van der Waals surface area contributed by atoms with Gasteiger partial charge in [-0.15, -0.1) is 5.10 Å². The molecule has 4 N–H and O–H groups in total. The number of aromatic nitrogens is 2. The van der Waals surface area contributed by atoms with Gasteiger partial charge in [-0.1, -0.05) is 25.1 Å². The Bertz CT molecular complexity index is 1370. The lowest BCUT2D eigenvalue weighted by Crippen LogP contribution is -2.35. The van der Waals surface area contributed by atoms with E-state index in [9.17, 15) is 22.7 Å². The van der Waals surface area contributed by atoms with Gasteiger partial charge in [0.25, 0.3) is 0 Å². The Morgan fingerprint density at radius 1 is 1.27 bits per heavy atom. The monoisotopic (exact) mass is 477 g/mol. The minimum absolute atomic E-state index is 0.0269. The van der Waals surface area contributed by atoms with E-state index in [1.165, 1.54) is 18.2 Å². The van der Waals surface area contributed by atoms with Crippen LogP contribution >= 0.6 is 0 Å². The summed E-state index contributed by atoms with van der Waals surface area (Å²) in [7, 11) is -4.16. The first-order chi connectivity index (χ1) is 15.5. The predicted octanol–water partition coefficient (Wildman–Crippen LogP) is 2.54. The molecular weight excluding hydrogens is 453 g/mol. The van der Waals surface area contributed by atoms with Crippen LogP contribution < -0.4 is 15.6 Å². The fourth-order valence-corrected chi connectivity index (χ4v) is 5.23. The second-order valence-corrected chi connectivity index (χ2v) is 9.83. The molecule has 33 heavy (non-hydrogen) atoms. The van der Waals surface area contributed by atoms with Crippen LogP contribution in [0.3, 0.4) is 0 Å². The maximum absolute atomic E-state index is 15.0. The number of hydrogen-bond acceptors (Lipinski definition) is 7. The molecule has 2 unspecified atom stereocenters. The number of nitrogens with one attached hydrogen (secondary N) is 1. The number of ether oxygens (including phenoxy) is 1. The third-order valence-corrected chi connectivity index (χ3v) is 7.20. The number of halogens is 1. The highest BCUT2D eigenvalue weighted by atomic mass is 32.2. The minimum Gasteiger partial charge on any atom is -0.488 e. The van der Waals surface area contributed by atoms with Crippen LogP contribution in [0.1, 0.15) is 59.4 Å². The Kier molecular flexibility index (Phi) is 5.89. The summed E-state index contributed by atoms with van der Waals surface area (Å²) < 4.78 is 50.5. The first-order valence-corrected chi connectivity index (χ1v) is 11.8. The zero-order chi connectivity index (χ0) is 24.1. The molecule has 0 spiro atoms. The molecule has 4 rings (SSSR count). The van der Waals surface area contributed by atoms with Crippen LogP contribution in [-0.2, 0) is 10.0 Å². The van der Waals surface area contributed by atoms with Gasteiger partial charge in [-0.2, -0.15) is 0 Å². The highest BCUT2D eigenvalue weighted by molar-refractivity contribution is 7.89. The van der Waals surface area contributed by atoms with E-state index in [0.717, 1.165) is 5.56 Å². The number of rotatable bonds is 5. The van der Waals surface area contributed by atoms with Crippen LogP contribution in [0, 0.1) is 19.7 Å². The van der Waals surface area contributed by atoms with E-state index in [1.54, 1.807) is 26.0 Å². The zero-order valence-corrected chi connectivity index (χ0v) is 19.0. The van der Waals surface area contributed by atoms with Crippen molar-refractivity contribution in [3.8, 4) is 5.75 Å². The van der Waals surface area contributed by atoms with E-state index in [1.807, 2.05) is 6.92 Å². The van der Waals surface area contributed by atoms with Gasteiger partial charge in [0.15, 0.2) is 0 Å². The van der Waals surface area contributed by atoms with Gasteiger partial charge in [0, 0.05) is 12.0 Å². The third kappa shape index (κ3) is 4.19. The molecule has 11 heteroatoms. The molecule has 0 saturated carbocycles. The summed E-state index contributed by atoms with van der Waals surface area (Å²) in [6.45, 7) is 5.37. The highest BCUT2D eigenvalue weighted by Crippen LogP contribution is 2.46. The van der Waals surface area contributed by atoms with Gasteiger partial charge in [0.1, 0.15) is 22.6 Å². The van der Waals surface area contributed by atoms with Crippen LogP contribution in [-0.4, -0.2) is 29.8 Å². The van der Waals surface area contributed by atoms with Crippen LogP contribution in [0.15, 0.2) is 44.4 Å². The summed E-state index contributed by atoms with van der Waals surface area (Å²) in [5, 5.41) is 22.3. The lowest BCUT2D eigenvalue weighted by Gasteiger charge is -2.36. The van der Waals surface area contributed by atoms with Crippen molar-refractivity contribution in [3.63, 3.8) is 0 Å². The van der Waals surface area contributed by atoms with Gasteiger partial charge in [0.2, 0.25) is 15.9 Å². The van der Waals surface area contributed by atoms with Crippen molar-refractivity contribution >= 4 is 10.0 Å². The fraction of sp³-hybridized carbons (Fsp3) is 0.364. The smallest absolute Gasteiger partial charge is 0.434 e. The number of nitrogens with zero attached hydrogens (tertiary/aromatic N) is 1. The number of nitrogens with two attached hydrogens (primary N) is 1. The summed E-state index contributed by atoms with van der Waals surface area (Å²) in [4.78, 5) is 11.4. The molecule has 9 nitrogen and oxygen atoms in total. The SMILES string of the molecule is Cc1ccc(F)c(C(C)[C@H](c2n[nH]c(=O)o2)[C@H]2CC(O)c3cccc(S(N)(=O)=O)c3O2)c1C. The molecule has 4 atom stereocenters. The van der Waals surface area contributed by atoms with Gasteiger partial charge >= 0.3 is 5.76 Å². The largest absolute Gasteiger partial charge is 0.488 e. The van der Waals surface area contributed by atoms with Crippen molar-refractivity contribution in [2.45, 2.75) is 56.1 Å². The second kappa shape index (κ2) is 8.40. The standard InChI is InChI=1S/C22H24FN3O6S/c1-10-7-8-14(23)18(11(10)2)12(3)19(21-25-26-22(28)32-21)16-9-15(27)13-5-4-6-17(20(13)31-16)33(24,29)30/h4-8,12,15-16,19,27H,9H2,1-3H3,(H,26,28)(H2,24,29,30)/t12?,15?,16-,19+/m1/s1. The number of H-pyrrole nitrogens is 1. The summed E-state index contributed by atoms with van der Waals surface area (Å²) in [6.07, 6.45) is -1.97. The lowest BCUT2D eigenvalue weighted by atomic mass is 9.78. The Morgan fingerprint density at radius 2 is 2.00 bits per heavy atom. The maximum Gasteiger partial charge on any atom is 0.434 e. The van der Waals surface area contributed by atoms with E-state index in [-0.39, 0.29) is 28.5 Å². The number of aryl methyl sites for hydroxylation is 1. The van der Waals surface area contributed by atoms with Gasteiger partial charge < -0.3 is 14.3 Å². The average molecular weight is 478 g/mol. The number of aliphatic hydroxyl groups excluding tert-OH is 1. The number of benzene rings is 2. The number of aromatic amines is 1. The number of sulfonamides is 1. The maximum atomic E-state index is 15.0. The van der Waals surface area contributed by atoms with Crippen LogP contribution in [0.25, 0.3) is 0 Å². The predicted molar refractivity (Wildman–Crippen MR) is 116 cm³/mol. The van der Waals surface area contributed by atoms with Crippen molar-refractivity contribution in [3.05, 3.63) is 74.8 Å². The molecule has 0 radical (unpaired) electrons. The molecule has 0 bridgehead atoms. The van der Waals surface area contributed by atoms with Crippen molar-refractivity contribution in [2.24, 2.45) is 5.14 Å². The highest BCUT2D eigenvalue weighted by Gasteiger charge is 2.42. The van der Waals surface area contributed by atoms with E-state index >= 15 is 0 Å². The first-order valence-electron chi connectivity index (χ1n) is 10.3. The van der Waals surface area contributed by atoms with Crippen LogP contribution in [0.5, 0.6) is 5.75 Å². The molecule has 2 aromatic carbocycles. The molecule has 0 aliphatic carbocycles. The Balaban J connectivity index is 1.86. The number of fused-ring (bicyclic) bond motifs is 1. The third-order valence-electron chi connectivity index (χ3n) is 6.27. The Morgan fingerprint density at radius 3 is 2.64 bits per heavy atom. The number of para-hydroxylation sites is 1.